The van der Waals surface area contributed by atoms with Crippen LogP contribution >= 0.6 is 7.82 Å². The van der Waals surface area contributed by atoms with Crippen molar-refractivity contribution in [2.45, 2.75) is 251 Å². The molecule has 0 spiro atoms. The second kappa shape index (κ2) is 44.6. The van der Waals surface area contributed by atoms with Crippen molar-refractivity contribution in [3.05, 3.63) is 24.3 Å². The summed E-state index contributed by atoms with van der Waals surface area (Å²) < 4.78 is 26.9. The van der Waals surface area contributed by atoms with Gasteiger partial charge in [0.2, 0.25) is 5.91 Å². The molecular weight excluding hydrogens is 794 g/mol. The van der Waals surface area contributed by atoms with Crippen LogP contribution < -0.4 is 5.32 Å². The van der Waals surface area contributed by atoms with Gasteiger partial charge in [-0.1, -0.05) is 212 Å². The van der Waals surface area contributed by atoms with E-state index >= 15 is 0 Å². The number of carbonyl (C=O) groups is 3. The average molecular weight is 886 g/mol. The summed E-state index contributed by atoms with van der Waals surface area (Å²) in [5.74, 6) is -2.38. The smallest absolute Gasteiger partial charge is 0.472 e. The van der Waals surface area contributed by atoms with E-state index in [2.05, 4.69) is 43.5 Å². The minimum Gasteiger partial charge on any atom is -0.480 e. The molecule has 11 nitrogen and oxygen atoms in total. The number of hydrogen-bond donors (Lipinski definition) is 4. The van der Waals surface area contributed by atoms with Crippen LogP contribution in [-0.2, 0) is 32.7 Å². The van der Waals surface area contributed by atoms with Crippen LogP contribution in [0, 0.1) is 0 Å². The standard InChI is InChI=1S/C49H92NO10P/c1-3-5-7-9-11-13-15-17-18-19-20-21-22-23-24-25-26-27-29-31-33-35-37-39-41-48(53)58-42-45(51)43-59-61(56,57)60-44-46(49(54)55)50-47(52)40-38-36-34-32-30-28-16-14-12-10-8-6-4-2/h8,10,14,16,45-46,51H,3-7,9,11-13,15,17-44H2,1-2H3,(H,50,52)(H,54,55)(H,56,57)/b10-8-,16-14-. The molecule has 0 aliphatic heterocycles. The van der Waals surface area contributed by atoms with E-state index in [-0.39, 0.29) is 12.8 Å². The molecule has 0 aromatic carbocycles. The molecule has 0 radical (unpaired) electrons. The molecule has 3 unspecified atom stereocenters. The van der Waals surface area contributed by atoms with Crippen LogP contribution in [0.1, 0.15) is 239 Å². The van der Waals surface area contributed by atoms with Gasteiger partial charge in [-0.25, -0.2) is 9.36 Å². The van der Waals surface area contributed by atoms with Gasteiger partial charge in [-0.05, 0) is 38.5 Å². The van der Waals surface area contributed by atoms with E-state index in [1.54, 1.807) is 0 Å². The second-order valence-electron chi connectivity index (χ2n) is 17.0. The number of aliphatic carboxylic acids is 1. The van der Waals surface area contributed by atoms with E-state index in [0.717, 1.165) is 70.6 Å². The minimum absolute atomic E-state index is 0.131. The fraction of sp³-hybridized carbons (Fsp3) is 0.857. The van der Waals surface area contributed by atoms with E-state index in [1.807, 2.05) is 0 Å². The number of carbonyl (C=O) groups excluding carboxylic acids is 2. The Labute approximate surface area is 372 Å². The van der Waals surface area contributed by atoms with Crippen LogP contribution in [0.15, 0.2) is 24.3 Å². The molecule has 0 fully saturated rings. The number of rotatable bonds is 47. The van der Waals surface area contributed by atoms with Crippen LogP contribution in [0.5, 0.6) is 0 Å². The molecule has 12 heteroatoms. The minimum atomic E-state index is -4.76. The van der Waals surface area contributed by atoms with Crippen molar-refractivity contribution >= 4 is 25.7 Å². The molecule has 4 N–H and O–H groups in total. The van der Waals surface area contributed by atoms with E-state index in [9.17, 15) is 34.1 Å². The van der Waals surface area contributed by atoms with Gasteiger partial charge in [0, 0.05) is 12.8 Å². The first-order valence-corrected chi connectivity index (χ1v) is 26.4. The average Bonchev–Trinajstić information content (AvgIpc) is 3.24. The molecule has 1 amide bonds. The molecule has 0 rings (SSSR count). The van der Waals surface area contributed by atoms with Crippen molar-refractivity contribution in [3.63, 3.8) is 0 Å². The van der Waals surface area contributed by atoms with Crippen LogP contribution in [-0.4, -0.2) is 64.9 Å². The third kappa shape index (κ3) is 44.4. The number of phosphoric acid groups is 1. The Morgan fingerprint density at radius 2 is 0.934 bits per heavy atom. The first-order valence-electron chi connectivity index (χ1n) is 24.9. The molecule has 61 heavy (non-hydrogen) atoms. The molecule has 358 valence electrons. The lowest BCUT2D eigenvalue weighted by Crippen LogP contribution is -2.43. The van der Waals surface area contributed by atoms with Gasteiger partial charge >= 0.3 is 19.8 Å². The predicted octanol–water partition coefficient (Wildman–Crippen LogP) is 13.4. The highest BCUT2D eigenvalue weighted by Gasteiger charge is 2.28. The Bertz CT molecular complexity index is 1130. The molecule has 0 aliphatic rings. The summed E-state index contributed by atoms with van der Waals surface area (Å²) in [7, 11) is -4.76. The fourth-order valence-corrected chi connectivity index (χ4v) is 7.89. The highest BCUT2D eigenvalue weighted by Crippen LogP contribution is 2.43. The zero-order valence-corrected chi connectivity index (χ0v) is 39.9. The number of nitrogens with one attached hydrogen (secondary N) is 1. The molecule has 0 heterocycles. The lowest BCUT2D eigenvalue weighted by molar-refractivity contribution is -0.147. The number of amides is 1. The zero-order valence-electron chi connectivity index (χ0n) is 39.0. The van der Waals surface area contributed by atoms with Crippen LogP contribution in [0.25, 0.3) is 0 Å². The number of allylic oxidation sites excluding steroid dienone is 4. The van der Waals surface area contributed by atoms with Gasteiger partial charge in [0.05, 0.1) is 13.2 Å². The highest BCUT2D eigenvalue weighted by molar-refractivity contribution is 7.47. The first-order chi connectivity index (χ1) is 29.6. The number of phosphoric ester groups is 1. The Morgan fingerprint density at radius 3 is 1.39 bits per heavy atom. The Balaban J connectivity index is 3.76. The van der Waals surface area contributed by atoms with Crippen LogP contribution in [0.4, 0.5) is 0 Å². The van der Waals surface area contributed by atoms with Gasteiger partial charge in [-0.2, -0.15) is 0 Å². The maximum Gasteiger partial charge on any atom is 0.472 e. The lowest BCUT2D eigenvalue weighted by atomic mass is 10.0. The van der Waals surface area contributed by atoms with Crippen molar-refractivity contribution in [1.29, 1.82) is 0 Å². The number of ether oxygens (including phenoxy) is 1. The number of esters is 1. The number of aliphatic hydroxyl groups is 1. The fourth-order valence-electron chi connectivity index (χ4n) is 7.12. The predicted molar refractivity (Wildman–Crippen MR) is 249 cm³/mol. The maximum atomic E-state index is 12.3. The largest absolute Gasteiger partial charge is 0.480 e. The van der Waals surface area contributed by atoms with E-state index < -0.39 is 57.6 Å². The van der Waals surface area contributed by atoms with Crippen molar-refractivity contribution in [2.24, 2.45) is 0 Å². The van der Waals surface area contributed by atoms with Gasteiger partial charge in [-0.3, -0.25) is 18.6 Å². The number of unbranched alkanes of at least 4 members (excludes halogenated alkanes) is 29. The second-order valence-corrected chi connectivity index (χ2v) is 18.5. The van der Waals surface area contributed by atoms with Crippen molar-refractivity contribution in [2.75, 3.05) is 19.8 Å². The normalized spacial score (nSPS) is 13.8. The first kappa shape index (κ1) is 59.0. The van der Waals surface area contributed by atoms with E-state index in [0.29, 0.717) is 12.8 Å². The maximum absolute atomic E-state index is 12.3. The summed E-state index contributed by atoms with van der Waals surface area (Å²) in [6, 6.07) is -1.55. The topological polar surface area (TPSA) is 169 Å². The van der Waals surface area contributed by atoms with Crippen molar-refractivity contribution < 1.29 is 47.8 Å². The summed E-state index contributed by atoms with van der Waals surface area (Å²) in [5, 5.41) is 21.9. The molecular formula is C49H92NO10P. The number of carboxylic acids is 1. The number of carboxylic acid groups (broad SMARTS) is 1. The zero-order chi connectivity index (χ0) is 44.9. The van der Waals surface area contributed by atoms with E-state index in [1.165, 1.54) is 128 Å². The van der Waals surface area contributed by atoms with Crippen LogP contribution in [0.3, 0.4) is 0 Å². The molecule has 0 aromatic heterocycles. The van der Waals surface area contributed by atoms with Crippen LogP contribution in [0.2, 0.25) is 0 Å². The summed E-state index contributed by atoms with van der Waals surface area (Å²) >= 11 is 0. The third-order valence-electron chi connectivity index (χ3n) is 11.0. The third-order valence-corrected chi connectivity index (χ3v) is 11.9. The Hall–Kier alpha value is -2.04. The molecule has 0 saturated carbocycles. The Kier molecular flexibility index (Phi) is 43.1. The molecule has 0 aliphatic carbocycles. The summed E-state index contributed by atoms with van der Waals surface area (Å²) in [4.78, 5) is 46.0. The lowest BCUT2D eigenvalue weighted by Gasteiger charge is -2.18. The van der Waals surface area contributed by atoms with Gasteiger partial charge in [0.15, 0.2) is 6.04 Å². The van der Waals surface area contributed by atoms with Crippen molar-refractivity contribution in [3.8, 4) is 0 Å². The van der Waals surface area contributed by atoms with Crippen molar-refractivity contribution in [1.82, 2.24) is 5.32 Å². The van der Waals surface area contributed by atoms with Gasteiger partial charge in [0.25, 0.3) is 0 Å². The van der Waals surface area contributed by atoms with Gasteiger partial charge in [-0.15, -0.1) is 0 Å². The van der Waals surface area contributed by atoms with E-state index in [4.69, 9.17) is 13.8 Å². The summed E-state index contributed by atoms with van der Waals surface area (Å²) in [6.45, 7) is 2.55. The summed E-state index contributed by atoms with van der Waals surface area (Å²) in [6.07, 6.45) is 47.9. The monoisotopic (exact) mass is 886 g/mol. The number of aliphatic hydroxyl groups excluding tert-OH is 1. The summed E-state index contributed by atoms with van der Waals surface area (Å²) in [5.41, 5.74) is 0. The quantitative estimate of drug-likeness (QED) is 0.0200. The molecule has 0 bridgehead atoms. The molecule has 3 atom stereocenters. The van der Waals surface area contributed by atoms with Gasteiger partial charge in [0.1, 0.15) is 12.7 Å². The highest BCUT2D eigenvalue weighted by atomic mass is 31.2. The Morgan fingerprint density at radius 1 is 0.525 bits per heavy atom. The molecule has 0 aromatic rings. The SMILES string of the molecule is CCC/C=C\C/C=C\CCCCCCCC(=O)NC(COP(=O)(O)OCC(O)COC(=O)CCCCCCCCCCCCCCCCCCCCCCCCCC)C(=O)O. The number of hydrogen-bond acceptors (Lipinski definition) is 8. The molecule has 0 saturated heterocycles. The van der Waals surface area contributed by atoms with Gasteiger partial charge < -0.3 is 25.2 Å².